The molecule has 0 unspecified atom stereocenters. The van der Waals surface area contributed by atoms with Crippen molar-refractivity contribution in [1.29, 1.82) is 0 Å². The first-order valence-electron chi connectivity index (χ1n) is 28.2. The Morgan fingerprint density at radius 3 is 0.985 bits per heavy atom. The lowest BCUT2D eigenvalue weighted by atomic mass is 10.0. The van der Waals surface area contributed by atoms with E-state index < -0.39 is 6.10 Å². The fourth-order valence-corrected chi connectivity index (χ4v) is 7.60. The van der Waals surface area contributed by atoms with Gasteiger partial charge in [0.1, 0.15) is 13.2 Å². The third-order valence-electron chi connectivity index (χ3n) is 11.8. The lowest BCUT2D eigenvalue weighted by molar-refractivity contribution is -0.167. The van der Waals surface area contributed by atoms with Crippen LogP contribution in [0.5, 0.6) is 0 Å². The van der Waals surface area contributed by atoms with Crippen molar-refractivity contribution in [1.82, 2.24) is 0 Å². The van der Waals surface area contributed by atoms with Crippen molar-refractivity contribution in [2.45, 2.75) is 264 Å². The maximum atomic E-state index is 12.8. The molecule has 0 aliphatic rings. The molecule has 0 aromatic heterocycles. The molecule has 0 heterocycles. The summed E-state index contributed by atoms with van der Waals surface area (Å²) in [5.41, 5.74) is 0. The van der Waals surface area contributed by atoms with Gasteiger partial charge in [-0.2, -0.15) is 0 Å². The molecule has 6 heteroatoms. The van der Waals surface area contributed by atoms with Crippen LogP contribution in [0.2, 0.25) is 0 Å². The van der Waals surface area contributed by atoms with Gasteiger partial charge in [0.25, 0.3) is 0 Å². The highest BCUT2D eigenvalue weighted by Gasteiger charge is 2.19. The normalized spacial score (nSPS) is 12.8. The summed E-state index contributed by atoms with van der Waals surface area (Å²) in [6, 6.07) is 0. The number of hydrogen-bond acceptors (Lipinski definition) is 6. The number of carbonyl (C=O) groups excluding carboxylic acids is 3. The van der Waals surface area contributed by atoms with E-state index in [1.54, 1.807) is 0 Å². The minimum Gasteiger partial charge on any atom is -0.462 e. The number of carbonyl (C=O) groups is 3. The van der Waals surface area contributed by atoms with Gasteiger partial charge in [0.15, 0.2) is 6.10 Å². The predicted octanol–water partition coefficient (Wildman–Crippen LogP) is 18.9. The standard InChI is InChI=1S/C62H104O6/c1-4-7-10-13-16-19-22-25-28-31-34-37-40-43-46-49-52-55-61(64)67-58-59(57-66-60(63)54-51-48-45-42-39-36-33-30-27-24-21-18-15-12-9-6-3)68-62(65)56-53-50-47-44-41-38-35-32-29-26-23-20-17-14-11-8-5-2/h7,10,16-17,19-20,25-26,28-29,34-35,37-38,43,46,59H,4-6,8-9,11-15,18,21-24,27,30-33,36,39-42,44-45,47-58H2,1-3H3/b10-7+,19-16+,20-17+,28-25+,29-26+,37-34+,38-35+,46-43+/t59-/m1/s1. The topological polar surface area (TPSA) is 78.9 Å². The summed E-state index contributed by atoms with van der Waals surface area (Å²) in [4.78, 5) is 38.1. The third-order valence-corrected chi connectivity index (χ3v) is 11.8. The van der Waals surface area contributed by atoms with Crippen LogP contribution in [0, 0.1) is 0 Å². The first kappa shape index (κ1) is 64.3. The highest BCUT2D eigenvalue weighted by molar-refractivity contribution is 5.71. The Bertz CT molecular complexity index is 1360. The molecule has 0 radical (unpaired) electrons. The number of esters is 3. The lowest BCUT2D eigenvalue weighted by Crippen LogP contribution is -2.30. The third kappa shape index (κ3) is 53.3. The Morgan fingerprint density at radius 2 is 0.588 bits per heavy atom. The van der Waals surface area contributed by atoms with Crippen LogP contribution in [0.25, 0.3) is 0 Å². The van der Waals surface area contributed by atoms with Gasteiger partial charge < -0.3 is 14.2 Å². The van der Waals surface area contributed by atoms with Crippen LogP contribution in [0.4, 0.5) is 0 Å². The average molecular weight is 946 g/mol. The van der Waals surface area contributed by atoms with E-state index in [0.29, 0.717) is 19.3 Å². The second-order valence-corrected chi connectivity index (χ2v) is 18.5. The molecule has 0 fully saturated rings. The zero-order chi connectivity index (χ0) is 49.3. The van der Waals surface area contributed by atoms with Gasteiger partial charge in [0.2, 0.25) is 0 Å². The van der Waals surface area contributed by atoms with Crippen LogP contribution in [-0.4, -0.2) is 37.2 Å². The zero-order valence-corrected chi connectivity index (χ0v) is 44.3. The smallest absolute Gasteiger partial charge is 0.306 e. The van der Waals surface area contributed by atoms with E-state index in [2.05, 4.69) is 118 Å². The molecule has 1 atom stereocenters. The van der Waals surface area contributed by atoms with E-state index in [9.17, 15) is 14.4 Å². The molecule has 0 amide bonds. The Balaban J connectivity index is 4.51. The van der Waals surface area contributed by atoms with Crippen LogP contribution in [-0.2, 0) is 28.6 Å². The quantitative estimate of drug-likeness (QED) is 0.0262. The molecule has 388 valence electrons. The molecule has 0 aromatic rings. The highest BCUT2D eigenvalue weighted by Crippen LogP contribution is 2.15. The monoisotopic (exact) mass is 945 g/mol. The van der Waals surface area contributed by atoms with Crippen LogP contribution in [0.3, 0.4) is 0 Å². The van der Waals surface area contributed by atoms with Crippen molar-refractivity contribution < 1.29 is 28.6 Å². The molecule has 0 bridgehead atoms. The Morgan fingerprint density at radius 1 is 0.309 bits per heavy atom. The maximum Gasteiger partial charge on any atom is 0.306 e. The molecule has 0 saturated carbocycles. The van der Waals surface area contributed by atoms with Gasteiger partial charge in [-0.3, -0.25) is 14.4 Å². The molecular weight excluding hydrogens is 841 g/mol. The SMILES string of the molecule is CC/C=C/C/C=C/C/C=C/C/C=C/C/C=C/CCCC(=O)OC[C@@H](COC(=O)CCCCCCCCCCCCCCCCCC)OC(=O)CCCCCC/C=C/C/C=C/C/C=C/CCCCC. The van der Waals surface area contributed by atoms with Gasteiger partial charge in [0, 0.05) is 19.3 Å². The zero-order valence-electron chi connectivity index (χ0n) is 44.3. The maximum absolute atomic E-state index is 12.8. The summed E-state index contributed by atoms with van der Waals surface area (Å²) in [5.74, 6) is -0.982. The fourth-order valence-electron chi connectivity index (χ4n) is 7.60. The van der Waals surface area contributed by atoms with Gasteiger partial charge in [-0.15, -0.1) is 0 Å². The van der Waals surface area contributed by atoms with E-state index in [1.165, 1.54) is 109 Å². The highest BCUT2D eigenvalue weighted by atomic mass is 16.6. The molecule has 0 rings (SSSR count). The average Bonchev–Trinajstić information content (AvgIpc) is 3.34. The van der Waals surface area contributed by atoms with Crippen molar-refractivity contribution in [3.05, 3.63) is 97.2 Å². The minimum atomic E-state index is -0.812. The van der Waals surface area contributed by atoms with Gasteiger partial charge in [-0.05, 0) is 96.3 Å². The molecule has 68 heavy (non-hydrogen) atoms. The van der Waals surface area contributed by atoms with Crippen molar-refractivity contribution in [2.75, 3.05) is 13.2 Å². The summed E-state index contributed by atoms with van der Waals surface area (Å²) in [6.07, 6.45) is 74.0. The van der Waals surface area contributed by atoms with Crippen molar-refractivity contribution in [3.8, 4) is 0 Å². The van der Waals surface area contributed by atoms with E-state index >= 15 is 0 Å². The largest absolute Gasteiger partial charge is 0.462 e. The first-order valence-corrected chi connectivity index (χ1v) is 28.2. The van der Waals surface area contributed by atoms with E-state index in [0.717, 1.165) is 103 Å². The van der Waals surface area contributed by atoms with Crippen LogP contribution in [0.1, 0.15) is 258 Å². The van der Waals surface area contributed by atoms with Crippen molar-refractivity contribution >= 4 is 17.9 Å². The van der Waals surface area contributed by atoms with E-state index in [-0.39, 0.29) is 37.5 Å². The molecule has 0 aliphatic heterocycles. The van der Waals surface area contributed by atoms with Gasteiger partial charge in [0.05, 0.1) is 0 Å². The minimum absolute atomic E-state index is 0.103. The summed E-state index contributed by atoms with van der Waals surface area (Å²) in [7, 11) is 0. The fraction of sp³-hybridized carbons (Fsp3) is 0.694. The molecule has 0 aliphatic carbocycles. The number of ether oxygens (including phenoxy) is 3. The van der Waals surface area contributed by atoms with Gasteiger partial charge in [-0.1, -0.05) is 240 Å². The summed E-state index contributed by atoms with van der Waals surface area (Å²) >= 11 is 0. The second-order valence-electron chi connectivity index (χ2n) is 18.5. The number of allylic oxidation sites excluding steroid dienone is 16. The predicted molar refractivity (Wildman–Crippen MR) is 293 cm³/mol. The van der Waals surface area contributed by atoms with Gasteiger partial charge >= 0.3 is 17.9 Å². The van der Waals surface area contributed by atoms with Gasteiger partial charge in [-0.25, -0.2) is 0 Å². The number of rotatable bonds is 50. The molecule has 0 spiro atoms. The van der Waals surface area contributed by atoms with Crippen molar-refractivity contribution in [3.63, 3.8) is 0 Å². The molecule has 0 aromatic carbocycles. The summed E-state index contributed by atoms with van der Waals surface area (Å²) in [5, 5.41) is 0. The summed E-state index contributed by atoms with van der Waals surface area (Å²) in [6.45, 7) is 6.44. The molecule has 6 nitrogen and oxygen atoms in total. The Labute approximate surface area is 419 Å². The Hall–Kier alpha value is -3.67. The van der Waals surface area contributed by atoms with Crippen LogP contribution in [0.15, 0.2) is 97.2 Å². The van der Waals surface area contributed by atoms with Crippen LogP contribution >= 0.6 is 0 Å². The van der Waals surface area contributed by atoms with Crippen molar-refractivity contribution in [2.24, 2.45) is 0 Å². The molecule has 0 N–H and O–H groups in total. The first-order chi connectivity index (χ1) is 33.5. The number of hydrogen-bond donors (Lipinski definition) is 0. The Kier molecular flexibility index (Phi) is 52.9. The molecular formula is C62H104O6. The molecule has 0 saturated heterocycles. The number of unbranched alkanes of at least 4 members (excludes halogenated alkanes) is 23. The van der Waals surface area contributed by atoms with E-state index in [1.807, 2.05) is 0 Å². The van der Waals surface area contributed by atoms with Crippen LogP contribution < -0.4 is 0 Å². The lowest BCUT2D eigenvalue weighted by Gasteiger charge is -2.18. The second kappa shape index (κ2) is 55.9. The van der Waals surface area contributed by atoms with E-state index in [4.69, 9.17) is 14.2 Å². The summed E-state index contributed by atoms with van der Waals surface area (Å²) < 4.78 is 16.8.